The lowest BCUT2D eigenvalue weighted by molar-refractivity contribution is -0.0756. The zero-order valence-electron chi connectivity index (χ0n) is 23.9. The van der Waals surface area contributed by atoms with Crippen LogP contribution in [0.3, 0.4) is 0 Å². The lowest BCUT2D eigenvalue weighted by Crippen LogP contribution is -2.47. The summed E-state index contributed by atoms with van der Waals surface area (Å²) in [5.74, 6) is -0.424. The van der Waals surface area contributed by atoms with E-state index in [2.05, 4.69) is 15.5 Å². The van der Waals surface area contributed by atoms with Crippen molar-refractivity contribution in [3.63, 3.8) is 0 Å². The van der Waals surface area contributed by atoms with E-state index in [0.29, 0.717) is 12.0 Å². The molecule has 0 aliphatic heterocycles. The first-order chi connectivity index (χ1) is 18.5. The summed E-state index contributed by atoms with van der Waals surface area (Å²) in [4.78, 5) is 30.7. The standard InChI is InChI=1S/C27H35N5O7S/c1-26(2,3)39-25(34)28-27(4,17-18-12-10-9-11-13-18)24-30-29-22(38-24)19-14-20(23(33)31(5)37-7)16-21(15-19)32(6)40(8,35)36/h9-16H,17H2,1-8H3,(H,28,34)/t27-/m1/s1. The molecule has 0 bridgehead atoms. The summed E-state index contributed by atoms with van der Waals surface area (Å²) in [6.45, 7) is 7.00. The molecular formula is C27H35N5O7S. The second-order valence-electron chi connectivity index (χ2n) is 10.5. The largest absolute Gasteiger partial charge is 0.444 e. The summed E-state index contributed by atoms with van der Waals surface area (Å²) in [5.41, 5.74) is -0.391. The number of aromatic nitrogens is 2. The number of benzene rings is 2. The maximum Gasteiger partial charge on any atom is 0.408 e. The quantitative estimate of drug-likeness (QED) is 0.378. The van der Waals surface area contributed by atoms with Gasteiger partial charge in [-0.05, 0) is 51.5 Å². The number of hydroxylamine groups is 2. The fourth-order valence-electron chi connectivity index (χ4n) is 3.77. The first-order valence-corrected chi connectivity index (χ1v) is 14.2. The SMILES string of the molecule is CON(C)C(=O)c1cc(-c2nnc([C@@](C)(Cc3ccccc3)NC(=O)OC(C)(C)C)o2)cc(N(C)S(C)(=O)=O)c1. The summed E-state index contributed by atoms with van der Waals surface area (Å²) >= 11 is 0. The number of ether oxygens (including phenoxy) is 1. The molecule has 0 radical (unpaired) electrons. The van der Waals surface area contributed by atoms with Gasteiger partial charge in [-0.25, -0.2) is 18.3 Å². The van der Waals surface area contributed by atoms with Crippen LogP contribution >= 0.6 is 0 Å². The minimum atomic E-state index is -3.66. The lowest BCUT2D eigenvalue weighted by atomic mass is 9.92. The molecule has 0 spiro atoms. The lowest BCUT2D eigenvalue weighted by Gasteiger charge is -2.29. The van der Waals surface area contributed by atoms with E-state index in [4.69, 9.17) is 14.0 Å². The maximum atomic E-state index is 12.9. The number of hydrogen-bond acceptors (Lipinski definition) is 9. The number of hydrogen-bond donors (Lipinski definition) is 1. The fourth-order valence-corrected chi connectivity index (χ4v) is 4.25. The number of carbonyl (C=O) groups is 2. The average Bonchev–Trinajstić information content (AvgIpc) is 3.37. The van der Waals surface area contributed by atoms with Crippen molar-refractivity contribution < 1.29 is 32.0 Å². The highest BCUT2D eigenvalue weighted by Crippen LogP contribution is 2.31. The highest BCUT2D eigenvalue weighted by atomic mass is 32.2. The van der Waals surface area contributed by atoms with Crippen LogP contribution in [0.4, 0.5) is 10.5 Å². The molecule has 3 aromatic rings. The Morgan fingerprint density at radius 1 is 1.02 bits per heavy atom. The summed E-state index contributed by atoms with van der Waals surface area (Å²) in [7, 11) is 0.471. The second-order valence-corrected chi connectivity index (χ2v) is 12.5. The molecule has 3 rings (SSSR count). The maximum absolute atomic E-state index is 12.9. The highest BCUT2D eigenvalue weighted by molar-refractivity contribution is 7.92. The minimum absolute atomic E-state index is 0.0122. The van der Waals surface area contributed by atoms with E-state index in [1.807, 2.05) is 30.3 Å². The molecule has 2 aromatic carbocycles. The molecule has 0 saturated carbocycles. The minimum Gasteiger partial charge on any atom is -0.444 e. The summed E-state index contributed by atoms with van der Waals surface area (Å²) in [6, 6.07) is 13.9. The van der Waals surface area contributed by atoms with Crippen LogP contribution in [0.5, 0.6) is 0 Å². The Kier molecular flexibility index (Phi) is 8.90. The van der Waals surface area contributed by atoms with Gasteiger partial charge in [0.15, 0.2) is 0 Å². The van der Waals surface area contributed by atoms with Crippen molar-refractivity contribution in [3.8, 4) is 11.5 Å². The van der Waals surface area contributed by atoms with Crippen LogP contribution in [0.15, 0.2) is 52.9 Å². The average molecular weight is 574 g/mol. The normalized spacial score (nSPS) is 13.3. The van der Waals surface area contributed by atoms with Crippen molar-refractivity contribution in [3.05, 3.63) is 65.5 Å². The molecule has 1 aromatic heterocycles. The second kappa shape index (κ2) is 11.6. The number of nitrogens with one attached hydrogen (secondary N) is 1. The van der Waals surface area contributed by atoms with E-state index in [1.54, 1.807) is 27.7 Å². The van der Waals surface area contributed by atoms with Crippen molar-refractivity contribution in [1.82, 2.24) is 20.6 Å². The number of carbonyl (C=O) groups excluding carboxylic acids is 2. The predicted octanol–water partition coefficient (Wildman–Crippen LogP) is 3.75. The Labute approximate surface area is 234 Å². The fraction of sp³-hybridized carbons (Fsp3) is 0.407. The third-order valence-corrected chi connectivity index (χ3v) is 7.11. The van der Waals surface area contributed by atoms with Gasteiger partial charge in [0.2, 0.25) is 21.8 Å². The number of sulfonamides is 1. The first kappa shape index (κ1) is 30.6. The third-order valence-electron chi connectivity index (χ3n) is 5.91. The monoisotopic (exact) mass is 573 g/mol. The van der Waals surface area contributed by atoms with Gasteiger partial charge < -0.3 is 14.5 Å². The van der Waals surface area contributed by atoms with Crippen LogP contribution in [0.2, 0.25) is 0 Å². The number of amides is 2. The summed E-state index contributed by atoms with van der Waals surface area (Å²) < 4.78 is 37.1. The van der Waals surface area contributed by atoms with E-state index in [1.165, 1.54) is 39.4 Å². The molecule has 0 saturated heterocycles. The van der Waals surface area contributed by atoms with Crippen molar-refractivity contribution in [1.29, 1.82) is 0 Å². The summed E-state index contributed by atoms with van der Waals surface area (Å²) in [5, 5.41) is 12.3. The van der Waals surface area contributed by atoms with E-state index in [9.17, 15) is 18.0 Å². The number of alkyl carbamates (subject to hydrolysis) is 1. The Balaban J connectivity index is 2.10. The van der Waals surface area contributed by atoms with Crippen LogP contribution in [0.1, 0.15) is 49.5 Å². The van der Waals surface area contributed by atoms with Gasteiger partial charge in [-0.1, -0.05) is 30.3 Å². The van der Waals surface area contributed by atoms with Crippen molar-refractivity contribution >= 4 is 27.7 Å². The van der Waals surface area contributed by atoms with Gasteiger partial charge in [0.05, 0.1) is 19.1 Å². The van der Waals surface area contributed by atoms with Crippen LogP contribution in [-0.4, -0.2) is 68.7 Å². The molecule has 0 fully saturated rings. The van der Waals surface area contributed by atoms with Crippen LogP contribution < -0.4 is 9.62 Å². The molecule has 40 heavy (non-hydrogen) atoms. The molecule has 216 valence electrons. The predicted molar refractivity (Wildman–Crippen MR) is 149 cm³/mol. The molecule has 1 N–H and O–H groups in total. The smallest absolute Gasteiger partial charge is 0.408 e. The Morgan fingerprint density at radius 2 is 1.68 bits per heavy atom. The van der Waals surface area contributed by atoms with Gasteiger partial charge in [0.25, 0.3) is 5.91 Å². The Bertz CT molecular complexity index is 1470. The van der Waals surface area contributed by atoms with Gasteiger partial charge >= 0.3 is 6.09 Å². The zero-order valence-corrected chi connectivity index (χ0v) is 24.7. The highest BCUT2D eigenvalue weighted by Gasteiger charge is 2.37. The van der Waals surface area contributed by atoms with E-state index >= 15 is 0 Å². The van der Waals surface area contributed by atoms with Gasteiger partial charge in [0, 0.05) is 31.6 Å². The van der Waals surface area contributed by atoms with E-state index < -0.39 is 33.2 Å². The zero-order chi connectivity index (χ0) is 29.9. The van der Waals surface area contributed by atoms with Crippen LogP contribution in [0, 0.1) is 0 Å². The molecule has 12 nitrogen and oxygen atoms in total. The van der Waals surface area contributed by atoms with Crippen molar-refractivity contribution in [2.75, 3.05) is 31.8 Å². The molecule has 0 aliphatic rings. The molecule has 1 atom stereocenters. The first-order valence-electron chi connectivity index (χ1n) is 12.3. The molecule has 0 aliphatic carbocycles. The van der Waals surface area contributed by atoms with Crippen LogP contribution in [0.25, 0.3) is 11.5 Å². The molecular weight excluding hydrogens is 538 g/mol. The number of nitrogens with zero attached hydrogens (tertiary/aromatic N) is 4. The summed E-state index contributed by atoms with van der Waals surface area (Å²) in [6.07, 6.45) is 0.677. The van der Waals surface area contributed by atoms with E-state index in [-0.39, 0.29) is 23.0 Å². The Morgan fingerprint density at radius 3 is 2.25 bits per heavy atom. The van der Waals surface area contributed by atoms with Crippen molar-refractivity contribution in [2.24, 2.45) is 0 Å². The van der Waals surface area contributed by atoms with Gasteiger partial charge in [-0.3, -0.25) is 13.9 Å². The number of anilines is 1. The number of rotatable bonds is 9. The molecule has 1 heterocycles. The molecule has 2 amide bonds. The van der Waals surface area contributed by atoms with Crippen molar-refractivity contribution in [2.45, 2.75) is 45.3 Å². The molecule has 13 heteroatoms. The third kappa shape index (κ3) is 7.57. The van der Waals surface area contributed by atoms with Gasteiger partial charge in [-0.15, -0.1) is 10.2 Å². The molecule has 0 unspecified atom stereocenters. The van der Waals surface area contributed by atoms with Crippen LogP contribution in [-0.2, 0) is 31.6 Å². The van der Waals surface area contributed by atoms with Gasteiger partial charge in [0.1, 0.15) is 11.1 Å². The van der Waals surface area contributed by atoms with Gasteiger partial charge in [-0.2, -0.15) is 0 Å². The van der Waals surface area contributed by atoms with E-state index in [0.717, 1.165) is 21.2 Å². The Hall–Kier alpha value is -3.97. The topological polar surface area (TPSA) is 144 Å².